The Hall–Kier alpha value is 0.0700. The summed E-state index contributed by atoms with van der Waals surface area (Å²) in [7, 11) is -3.58. The Balaban J connectivity index is 4.54. The lowest BCUT2D eigenvalue weighted by molar-refractivity contribution is 0.0389. The Morgan fingerprint density at radius 3 is 1.86 bits per heavy atom. The topological polar surface area (TPSA) is 76.0 Å². The van der Waals surface area contributed by atoms with Crippen LogP contribution in [0.2, 0.25) is 0 Å². The van der Waals surface area contributed by atoms with Gasteiger partial charge in [0.25, 0.3) is 0 Å². The predicted octanol–water partition coefficient (Wildman–Crippen LogP) is 1.34. The zero-order valence-corrected chi connectivity index (χ0v) is 9.74. The summed E-state index contributed by atoms with van der Waals surface area (Å²) in [4.78, 5) is 0. The summed E-state index contributed by atoms with van der Waals surface area (Å²) in [5.74, 6) is -1.47. The monoisotopic (exact) mass is 226 g/mol. The Labute approximate surface area is 84.6 Å². The molecule has 2 N–H and O–H groups in total. The third kappa shape index (κ3) is 3.67. The van der Waals surface area contributed by atoms with Crippen LogP contribution in [0.15, 0.2) is 0 Å². The molecule has 86 valence electrons. The van der Waals surface area contributed by atoms with Crippen molar-refractivity contribution in [3.8, 4) is 0 Å². The van der Waals surface area contributed by atoms with Crippen molar-refractivity contribution in [2.24, 2.45) is 0 Å². The molecule has 0 spiro atoms. The Bertz CT molecular complexity index is 186. The van der Waals surface area contributed by atoms with E-state index in [2.05, 4.69) is 0 Å². The van der Waals surface area contributed by atoms with Gasteiger partial charge < -0.3 is 19.3 Å². The molecule has 0 fully saturated rings. The average Bonchev–Trinajstić information content (AvgIpc) is 2.16. The van der Waals surface area contributed by atoms with Crippen molar-refractivity contribution in [2.75, 3.05) is 13.2 Å². The van der Waals surface area contributed by atoms with Crippen molar-refractivity contribution in [1.29, 1.82) is 0 Å². The van der Waals surface area contributed by atoms with Crippen LogP contribution < -0.4 is 0 Å². The first-order valence-corrected chi connectivity index (χ1v) is 6.37. The minimum Gasteiger partial charge on any atom is -0.390 e. The summed E-state index contributed by atoms with van der Waals surface area (Å²) in [6.45, 7) is 5.32. The Morgan fingerprint density at radius 2 is 1.57 bits per heavy atom. The van der Waals surface area contributed by atoms with Gasteiger partial charge in [0.2, 0.25) is 0 Å². The van der Waals surface area contributed by atoms with Crippen LogP contribution in [-0.2, 0) is 13.6 Å². The van der Waals surface area contributed by atoms with Crippen LogP contribution in [0.1, 0.15) is 27.2 Å². The second kappa shape index (κ2) is 6.53. The number of hydrogen-bond donors (Lipinski definition) is 2. The number of aliphatic hydroxyl groups is 2. The third-order valence-electron chi connectivity index (χ3n) is 1.70. The van der Waals surface area contributed by atoms with E-state index in [4.69, 9.17) is 9.05 Å². The second-order valence-electron chi connectivity index (χ2n) is 2.76. The summed E-state index contributed by atoms with van der Waals surface area (Å²) < 4.78 is 21.6. The quantitative estimate of drug-likeness (QED) is 0.641. The first-order valence-electron chi connectivity index (χ1n) is 4.76. The fourth-order valence-corrected chi connectivity index (χ4v) is 2.70. The molecule has 6 heteroatoms. The Kier molecular flexibility index (Phi) is 6.57. The van der Waals surface area contributed by atoms with E-state index >= 15 is 0 Å². The molecule has 0 amide bonds. The van der Waals surface area contributed by atoms with E-state index in [-0.39, 0.29) is 13.2 Å². The van der Waals surface area contributed by atoms with Crippen LogP contribution >= 0.6 is 7.60 Å². The van der Waals surface area contributed by atoms with Gasteiger partial charge in [-0.2, -0.15) is 0 Å². The van der Waals surface area contributed by atoms with Crippen LogP contribution in [0, 0.1) is 0 Å². The molecule has 0 aliphatic carbocycles. The first-order chi connectivity index (χ1) is 6.51. The summed E-state index contributed by atoms with van der Waals surface area (Å²) in [6.07, 6.45) is -0.787. The highest BCUT2D eigenvalue weighted by molar-refractivity contribution is 7.54. The smallest absolute Gasteiger partial charge is 0.361 e. The van der Waals surface area contributed by atoms with Gasteiger partial charge in [0.1, 0.15) is 0 Å². The Morgan fingerprint density at radius 1 is 1.14 bits per heavy atom. The van der Waals surface area contributed by atoms with Gasteiger partial charge in [-0.1, -0.05) is 6.92 Å². The largest absolute Gasteiger partial charge is 0.390 e. The molecule has 0 aromatic rings. The summed E-state index contributed by atoms with van der Waals surface area (Å²) in [5, 5.41) is 18.9. The van der Waals surface area contributed by atoms with Crippen LogP contribution in [0.3, 0.4) is 0 Å². The lowest BCUT2D eigenvalue weighted by atomic mass is 10.3. The summed E-state index contributed by atoms with van der Waals surface area (Å²) in [5.41, 5.74) is 0. The van der Waals surface area contributed by atoms with Gasteiger partial charge in [0.15, 0.2) is 5.85 Å². The van der Waals surface area contributed by atoms with Gasteiger partial charge in [-0.3, -0.25) is 4.57 Å². The first kappa shape index (κ1) is 14.1. The highest BCUT2D eigenvalue weighted by Gasteiger charge is 2.38. The summed E-state index contributed by atoms with van der Waals surface area (Å²) >= 11 is 0. The number of aliphatic hydroxyl groups excluding tert-OH is 2. The molecule has 0 aromatic carbocycles. The molecule has 0 saturated carbocycles. The lowest BCUT2D eigenvalue weighted by Crippen LogP contribution is -2.27. The number of rotatable bonds is 7. The van der Waals surface area contributed by atoms with E-state index < -0.39 is 19.5 Å². The van der Waals surface area contributed by atoms with Crippen LogP contribution in [-0.4, -0.2) is 35.4 Å². The zero-order valence-electron chi connectivity index (χ0n) is 8.84. The van der Waals surface area contributed by atoms with E-state index in [0.717, 1.165) is 0 Å². The standard InChI is InChI=1S/C8H19O5P/c1-4-7(9)8(10)14(11,12-5-2)13-6-3/h7-10H,4-6H2,1-3H3/t7-,8-/m0/s1. The molecule has 14 heavy (non-hydrogen) atoms. The van der Waals surface area contributed by atoms with Crippen molar-refractivity contribution in [2.45, 2.75) is 39.1 Å². The molecule has 0 aromatic heterocycles. The van der Waals surface area contributed by atoms with Crippen molar-refractivity contribution < 1.29 is 23.8 Å². The van der Waals surface area contributed by atoms with Gasteiger partial charge in [0.05, 0.1) is 19.3 Å². The number of hydrogen-bond acceptors (Lipinski definition) is 5. The predicted molar refractivity (Wildman–Crippen MR) is 53.2 cm³/mol. The lowest BCUT2D eigenvalue weighted by Gasteiger charge is -2.25. The fraction of sp³-hybridized carbons (Fsp3) is 1.00. The van der Waals surface area contributed by atoms with E-state index in [0.29, 0.717) is 6.42 Å². The second-order valence-corrected chi connectivity index (χ2v) is 4.89. The molecule has 2 atom stereocenters. The molecule has 0 unspecified atom stereocenters. The third-order valence-corrected chi connectivity index (χ3v) is 3.93. The molecule has 0 bridgehead atoms. The SMILES string of the molecule is CCOP(=O)(OCC)[C@H](O)[C@@H](O)CC. The molecule has 0 saturated heterocycles. The normalized spacial score (nSPS) is 16.6. The van der Waals surface area contributed by atoms with Gasteiger partial charge in [-0.05, 0) is 20.3 Å². The minimum atomic E-state index is -3.58. The molecule has 0 radical (unpaired) electrons. The maximum absolute atomic E-state index is 11.9. The minimum absolute atomic E-state index is 0.171. The maximum Gasteiger partial charge on any atom is 0.361 e. The van der Waals surface area contributed by atoms with Gasteiger partial charge in [-0.15, -0.1) is 0 Å². The van der Waals surface area contributed by atoms with E-state index in [9.17, 15) is 14.8 Å². The van der Waals surface area contributed by atoms with Crippen molar-refractivity contribution in [1.82, 2.24) is 0 Å². The molecule has 5 nitrogen and oxygen atoms in total. The highest BCUT2D eigenvalue weighted by Crippen LogP contribution is 2.53. The zero-order chi connectivity index (χ0) is 11.2. The van der Waals surface area contributed by atoms with Crippen LogP contribution in [0.25, 0.3) is 0 Å². The van der Waals surface area contributed by atoms with Crippen LogP contribution in [0.4, 0.5) is 0 Å². The van der Waals surface area contributed by atoms with Crippen molar-refractivity contribution >= 4 is 7.60 Å². The van der Waals surface area contributed by atoms with Crippen LogP contribution in [0.5, 0.6) is 0 Å². The molecule has 0 rings (SSSR count). The molecule has 0 aliphatic heterocycles. The fourth-order valence-electron chi connectivity index (χ4n) is 0.971. The van der Waals surface area contributed by atoms with E-state index in [1.165, 1.54) is 0 Å². The van der Waals surface area contributed by atoms with Crippen molar-refractivity contribution in [3.63, 3.8) is 0 Å². The van der Waals surface area contributed by atoms with Gasteiger partial charge >= 0.3 is 7.60 Å². The van der Waals surface area contributed by atoms with E-state index in [1.807, 2.05) is 0 Å². The molecular weight excluding hydrogens is 207 g/mol. The average molecular weight is 226 g/mol. The highest BCUT2D eigenvalue weighted by atomic mass is 31.2. The molecule has 0 aliphatic rings. The molecular formula is C8H19O5P. The summed E-state index contributed by atoms with van der Waals surface area (Å²) in [6, 6.07) is 0. The van der Waals surface area contributed by atoms with E-state index in [1.54, 1.807) is 20.8 Å². The van der Waals surface area contributed by atoms with Gasteiger partial charge in [0, 0.05) is 0 Å². The van der Waals surface area contributed by atoms with Crippen molar-refractivity contribution in [3.05, 3.63) is 0 Å². The van der Waals surface area contributed by atoms with Gasteiger partial charge in [-0.25, -0.2) is 0 Å². The maximum atomic E-state index is 11.9. The molecule has 0 heterocycles.